The highest BCUT2D eigenvalue weighted by Gasteiger charge is 2.33. The van der Waals surface area contributed by atoms with Crippen molar-refractivity contribution in [2.45, 2.75) is 37.8 Å². The minimum atomic E-state index is -0.294. The van der Waals surface area contributed by atoms with Gasteiger partial charge in [0, 0.05) is 12.7 Å². The highest BCUT2D eigenvalue weighted by molar-refractivity contribution is 5.12. The maximum absolute atomic E-state index is 9.16. The fourth-order valence-corrected chi connectivity index (χ4v) is 2.07. The molecule has 3 nitrogen and oxygen atoms in total. The number of nitrogens with one attached hydrogen (secondary N) is 1. The zero-order valence-electron chi connectivity index (χ0n) is 8.74. The molecule has 1 fully saturated rings. The third-order valence-corrected chi connectivity index (χ3v) is 3.01. The lowest BCUT2D eigenvalue weighted by Crippen LogP contribution is -2.40. The molecule has 1 aromatic rings. The Morgan fingerprint density at radius 2 is 2.20 bits per heavy atom. The summed E-state index contributed by atoms with van der Waals surface area (Å²) in [6.07, 6.45) is 6.03. The minimum absolute atomic E-state index is 0.294. The number of nitriles is 1. The van der Waals surface area contributed by atoms with Crippen LogP contribution in [0.25, 0.3) is 0 Å². The van der Waals surface area contributed by atoms with E-state index in [-0.39, 0.29) is 5.54 Å². The third kappa shape index (κ3) is 2.34. The Hall–Kier alpha value is -1.40. The lowest BCUT2D eigenvalue weighted by molar-refractivity contribution is 0.418. The molecule has 3 heteroatoms. The molecule has 0 saturated heterocycles. The first kappa shape index (κ1) is 10.1. The molecule has 15 heavy (non-hydrogen) atoms. The van der Waals surface area contributed by atoms with Gasteiger partial charge in [-0.3, -0.25) is 10.3 Å². The molecule has 1 aliphatic carbocycles. The highest BCUT2D eigenvalue weighted by Crippen LogP contribution is 2.28. The van der Waals surface area contributed by atoms with Gasteiger partial charge in [0.15, 0.2) is 0 Å². The number of aromatic nitrogens is 1. The third-order valence-electron chi connectivity index (χ3n) is 3.01. The van der Waals surface area contributed by atoms with Crippen molar-refractivity contribution in [2.75, 3.05) is 0 Å². The fourth-order valence-electron chi connectivity index (χ4n) is 2.07. The van der Waals surface area contributed by atoms with Gasteiger partial charge in [-0.25, -0.2) is 0 Å². The summed E-state index contributed by atoms with van der Waals surface area (Å²) in [7, 11) is 0. The molecule has 0 aromatic carbocycles. The van der Waals surface area contributed by atoms with Crippen molar-refractivity contribution in [1.29, 1.82) is 5.26 Å². The van der Waals surface area contributed by atoms with E-state index in [9.17, 15) is 0 Å². The summed E-state index contributed by atoms with van der Waals surface area (Å²) in [6.45, 7) is 0.689. The van der Waals surface area contributed by atoms with E-state index in [1.54, 1.807) is 6.20 Å². The molecule has 1 heterocycles. The van der Waals surface area contributed by atoms with Gasteiger partial charge in [-0.2, -0.15) is 5.26 Å². The standard InChI is InChI=1S/C12H15N3/c13-10-12(6-2-3-7-12)15-9-11-5-1-4-8-14-11/h1,4-5,8,15H,2-3,6-7,9H2. The average molecular weight is 201 g/mol. The van der Waals surface area contributed by atoms with Gasteiger partial charge >= 0.3 is 0 Å². The van der Waals surface area contributed by atoms with Gasteiger partial charge in [-0.05, 0) is 25.0 Å². The fraction of sp³-hybridized carbons (Fsp3) is 0.500. The summed E-state index contributed by atoms with van der Waals surface area (Å²) >= 11 is 0. The number of pyridine rings is 1. The van der Waals surface area contributed by atoms with Gasteiger partial charge in [-0.15, -0.1) is 0 Å². The normalized spacial score (nSPS) is 18.6. The molecule has 78 valence electrons. The topological polar surface area (TPSA) is 48.7 Å². The lowest BCUT2D eigenvalue weighted by Gasteiger charge is -2.21. The van der Waals surface area contributed by atoms with Crippen molar-refractivity contribution in [3.8, 4) is 6.07 Å². The average Bonchev–Trinajstić information content (AvgIpc) is 2.77. The zero-order chi connectivity index (χ0) is 10.6. The molecule has 1 saturated carbocycles. The van der Waals surface area contributed by atoms with Crippen molar-refractivity contribution < 1.29 is 0 Å². The number of hydrogen-bond donors (Lipinski definition) is 1. The zero-order valence-corrected chi connectivity index (χ0v) is 8.74. The Balaban J connectivity index is 1.95. The first-order chi connectivity index (χ1) is 7.35. The number of hydrogen-bond acceptors (Lipinski definition) is 3. The van der Waals surface area contributed by atoms with E-state index >= 15 is 0 Å². The number of rotatable bonds is 3. The SMILES string of the molecule is N#CC1(NCc2ccccn2)CCCC1. The summed E-state index contributed by atoms with van der Waals surface area (Å²) < 4.78 is 0. The quantitative estimate of drug-likeness (QED) is 0.813. The van der Waals surface area contributed by atoms with Gasteiger partial charge < -0.3 is 0 Å². The van der Waals surface area contributed by atoms with E-state index < -0.39 is 0 Å². The van der Waals surface area contributed by atoms with Gasteiger partial charge in [0.2, 0.25) is 0 Å². The minimum Gasteiger partial charge on any atom is -0.294 e. The summed E-state index contributed by atoms with van der Waals surface area (Å²) in [5.74, 6) is 0. The molecule has 0 bridgehead atoms. The maximum Gasteiger partial charge on any atom is 0.107 e. The summed E-state index contributed by atoms with van der Waals surface area (Å²) in [6, 6.07) is 8.26. The monoisotopic (exact) mass is 201 g/mol. The maximum atomic E-state index is 9.16. The Morgan fingerprint density at radius 3 is 2.80 bits per heavy atom. The van der Waals surface area contributed by atoms with E-state index in [1.807, 2.05) is 18.2 Å². The first-order valence-electron chi connectivity index (χ1n) is 5.41. The lowest BCUT2D eigenvalue weighted by atomic mass is 10.00. The van der Waals surface area contributed by atoms with Crippen LogP contribution in [0.3, 0.4) is 0 Å². The molecule has 1 N–H and O–H groups in total. The molecule has 1 aliphatic rings. The van der Waals surface area contributed by atoms with Crippen molar-refractivity contribution in [1.82, 2.24) is 10.3 Å². The Labute approximate surface area is 90.1 Å². The van der Waals surface area contributed by atoms with Crippen molar-refractivity contribution in [3.63, 3.8) is 0 Å². The van der Waals surface area contributed by atoms with Crippen molar-refractivity contribution in [3.05, 3.63) is 30.1 Å². The van der Waals surface area contributed by atoms with Crippen LogP contribution < -0.4 is 5.32 Å². The highest BCUT2D eigenvalue weighted by atomic mass is 15.0. The molecule has 0 radical (unpaired) electrons. The van der Waals surface area contributed by atoms with E-state index in [1.165, 1.54) is 0 Å². The van der Waals surface area contributed by atoms with Crippen LogP contribution in [0.4, 0.5) is 0 Å². The van der Waals surface area contributed by atoms with E-state index in [2.05, 4.69) is 16.4 Å². The largest absolute Gasteiger partial charge is 0.294 e. The van der Waals surface area contributed by atoms with Crippen LogP contribution in [0, 0.1) is 11.3 Å². The first-order valence-corrected chi connectivity index (χ1v) is 5.41. The van der Waals surface area contributed by atoms with Crippen molar-refractivity contribution in [2.24, 2.45) is 0 Å². The molecular formula is C12H15N3. The molecule has 2 rings (SSSR count). The summed E-state index contributed by atoms with van der Waals surface area (Å²) in [5.41, 5.74) is 0.705. The van der Waals surface area contributed by atoms with Gasteiger partial charge in [-0.1, -0.05) is 18.9 Å². The van der Waals surface area contributed by atoms with Crippen molar-refractivity contribution >= 4 is 0 Å². The van der Waals surface area contributed by atoms with Crippen LogP contribution >= 0.6 is 0 Å². The number of nitrogens with zero attached hydrogens (tertiary/aromatic N) is 2. The van der Waals surface area contributed by atoms with Crippen LogP contribution in [0.5, 0.6) is 0 Å². The van der Waals surface area contributed by atoms with Gasteiger partial charge in [0.1, 0.15) is 5.54 Å². The predicted molar refractivity (Wildman–Crippen MR) is 57.9 cm³/mol. The van der Waals surface area contributed by atoms with Crippen LogP contribution in [0.15, 0.2) is 24.4 Å². The Bertz CT molecular complexity index is 347. The Morgan fingerprint density at radius 1 is 1.40 bits per heavy atom. The Kier molecular flexibility index (Phi) is 2.98. The molecular weight excluding hydrogens is 186 g/mol. The smallest absolute Gasteiger partial charge is 0.107 e. The van der Waals surface area contributed by atoms with Crippen LogP contribution in [0.1, 0.15) is 31.4 Å². The van der Waals surface area contributed by atoms with E-state index in [4.69, 9.17) is 5.26 Å². The van der Waals surface area contributed by atoms with Crippen LogP contribution in [0.2, 0.25) is 0 Å². The van der Waals surface area contributed by atoms with Gasteiger partial charge in [0.05, 0.1) is 11.8 Å². The summed E-state index contributed by atoms with van der Waals surface area (Å²) in [5, 5.41) is 12.5. The molecule has 1 aromatic heterocycles. The van der Waals surface area contributed by atoms with E-state index in [0.717, 1.165) is 31.4 Å². The second kappa shape index (κ2) is 4.41. The predicted octanol–water partition coefficient (Wildman–Crippen LogP) is 2.01. The summed E-state index contributed by atoms with van der Waals surface area (Å²) in [4.78, 5) is 4.23. The molecule has 0 amide bonds. The van der Waals surface area contributed by atoms with Crippen LogP contribution in [-0.4, -0.2) is 10.5 Å². The molecule has 0 unspecified atom stereocenters. The van der Waals surface area contributed by atoms with Gasteiger partial charge in [0.25, 0.3) is 0 Å². The second-order valence-electron chi connectivity index (χ2n) is 4.08. The molecule has 0 spiro atoms. The molecule has 0 atom stereocenters. The molecule has 0 aliphatic heterocycles. The second-order valence-corrected chi connectivity index (χ2v) is 4.08. The van der Waals surface area contributed by atoms with Crippen LogP contribution in [-0.2, 0) is 6.54 Å². The van der Waals surface area contributed by atoms with E-state index in [0.29, 0.717) is 6.54 Å².